The molecule has 0 radical (unpaired) electrons. The first-order valence-electron chi connectivity index (χ1n) is 10.5. The third-order valence-corrected chi connectivity index (χ3v) is 5.86. The van der Waals surface area contributed by atoms with Crippen LogP contribution in [0.3, 0.4) is 0 Å². The van der Waals surface area contributed by atoms with Crippen LogP contribution in [0.5, 0.6) is 5.88 Å². The summed E-state index contributed by atoms with van der Waals surface area (Å²) in [4.78, 5) is 35.3. The van der Waals surface area contributed by atoms with Crippen LogP contribution in [0.25, 0.3) is 11.3 Å². The van der Waals surface area contributed by atoms with E-state index in [4.69, 9.17) is 9.84 Å². The molecule has 2 amide bonds. The lowest BCUT2D eigenvalue weighted by atomic mass is 9.98. The van der Waals surface area contributed by atoms with E-state index in [1.165, 1.54) is 4.90 Å². The molecule has 2 fully saturated rings. The molecule has 0 saturated carbocycles. The molecule has 1 aromatic heterocycles. The fraction of sp³-hybridized carbons (Fsp3) is 0.455. The number of hydrogen-bond acceptors (Lipinski definition) is 6. The van der Waals surface area contributed by atoms with E-state index in [9.17, 15) is 14.7 Å². The zero-order valence-corrected chi connectivity index (χ0v) is 17.2. The van der Waals surface area contributed by atoms with E-state index in [1.54, 1.807) is 29.4 Å². The van der Waals surface area contributed by atoms with Gasteiger partial charge in [-0.05, 0) is 37.3 Å². The van der Waals surface area contributed by atoms with Gasteiger partial charge in [-0.15, -0.1) is 0 Å². The van der Waals surface area contributed by atoms with Crippen LogP contribution in [0.2, 0.25) is 0 Å². The van der Waals surface area contributed by atoms with Gasteiger partial charge in [0.15, 0.2) is 0 Å². The summed E-state index contributed by atoms with van der Waals surface area (Å²) in [7, 11) is 0. The molecule has 2 aliphatic rings. The number of ether oxygens (including phenoxy) is 1. The average Bonchev–Trinajstić information content (AvgIpc) is 3.24. The summed E-state index contributed by atoms with van der Waals surface area (Å²) < 4.78 is 5.74. The van der Waals surface area contributed by atoms with Crippen molar-refractivity contribution in [1.82, 2.24) is 19.8 Å². The Labute approximate surface area is 180 Å². The van der Waals surface area contributed by atoms with Crippen molar-refractivity contribution in [1.29, 1.82) is 0 Å². The number of hydrogen-bond donors (Lipinski definition) is 2. The molecule has 1 atom stereocenters. The topological polar surface area (TPSA) is 116 Å². The maximum atomic E-state index is 12.5. The second-order valence-electron chi connectivity index (χ2n) is 8.03. The molecule has 0 spiro atoms. The molecule has 1 unspecified atom stereocenters. The summed E-state index contributed by atoms with van der Waals surface area (Å²) in [5.74, 6) is 0.662. The molecule has 0 bridgehead atoms. The lowest BCUT2D eigenvalue weighted by Gasteiger charge is -2.29. The standard InChI is InChI=1S/C22H26N4O5/c27-18-7-10-26(13-18)21(28)17-3-1-16(2-4-17)19-11-24-20(12-23-19)31-14-15-5-8-25(9-6-15)22(29)30/h1-4,11-12,15,18,27H,5-10,13-14H2,(H,29,30). The molecule has 9 heteroatoms. The minimum absolute atomic E-state index is 0.0767. The van der Waals surface area contributed by atoms with Crippen LogP contribution in [-0.4, -0.2) is 80.9 Å². The van der Waals surface area contributed by atoms with Gasteiger partial charge in [0.25, 0.3) is 5.91 Å². The molecule has 164 valence electrons. The summed E-state index contributed by atoms with van der Waals surface area (Å²) in [6.07, 6.45) is 4.08. The monoisotopic (exact) mass is 426 g/mol. The molecule has 2 N–H and O–H groups in total. The number of carboxylic acid groups (broad SMARTS) is 1. The van der Waals surface area contributed by atoms with Gasteiger partial charge in [-0.1, -0.05) is 12.1 Å². The van der Waals surface area contributed by atoms with Gasteiger partial charge in [0.2, 0.25) is 5.88 Å². The van der Waals surface area contributed by atoms with Gasteiger partial charge in [-0.3, -0.25) is 4.79 Å². The molecule has 1 aromatic carbocycles. The Morgan fingerprint density at radius 1 is 1.00 bits per heavy atom. The number of aliphatic hydroxyl groups is 1. The number of carbonyl (C=O) groups is 2. The second kappa shape index (κ2) is 9.30. The normalized spacial score (nSPS) is 19.5. The third kappa shape index (κ3) is 5.11. The minimum atomic E-state index is -0.868. The maximum absolute atomic E-state index is 12.5. The fourth-order valence-corrected chi connectivity index (χ4v) is 3.93. The summed E-state index contributed by atoms with van der Waals surface area (Å²) in [6, 6.07) is 7.19. The molecule has 0 aliphatic carbocycles. The highest BCUT2D eigenvalue weighted by molar-refractivity contribution is 5.94. The number of β-amino-alcohol motifs (C(OH)–C–C–N with tert-alkyl or cyclic N) is 1. The maximum Gasteiger partial charge on any atom is 0.407 e. The Hall–Kier alpha value is -3.20. The molecular formula is C22H26N4O5. The Balaban J connectivity index is 1.30. The van der Waals surface area contributed by atoms with E-state index in [0.29, 0.717) is 62.3 Å². The number of amides is 2. The summed E-state index contributed by atoms with van der Waals surface area (Å²) in [5, 5.41) is 18.6. The van der Waals surface area contributed by atoms with Crippen molar-refractivity contribution < 1.29 is 24.5 Å². The number of benzene rings is 1. The first-order valence-corrected chi connectivity index (χ1v) is 10.5. The summed E-state index contributed by atoms with van der Waals surface area (Å²) in [6.45, 7) is 2.51. The lowest BCUT2D eigenvalue weighted by molar-refractivity contribution is 0.0765. The SMILES string of the molecule is O=C(O)N1CCC(COc2cnc(-c3ccc(C(=O)N4CCC(O)C4)cc3)cn2)CC1. The predicted octanol–water partition coefficient (Wildman–Crippen LogP) is 2.12. The van der Waals surface area contributed by atoms with E-state index in [2.05, 4.69) is 9.97 Å². The van der Waals surface area contributed by atoms with E-state index in [-0.39, 0.29) is 5.91 Å². The smallest absolute Gasteiger partial charge is 0.407 e. The van der Waals surface area contributed by atoms with Crippen molar-refractivity contribution in [2.75, 3.05) is 32.8 Å². The molecule has 2 saturated heterocycles. The molecule has 3 heterocycles. The molecule has 4 rings (SSSR count). The Morgan fingerprint density at radius 3 is 2.29 bits per heavy atom. The van der Waals surface area contributed by atoms with Gasteiger partial charge >= 0.3 is 6.09 Å². The highest BCUT2D eigenvalue weighted by atomic mass is 16.5. The van der Waals surface area contributed by atoms with Crippen LogP contribution in [-0.2, 0) is 0 Å². The number of rotatable bonds is 5. The fourth-order valence-electron chi connectivity index (χ4n) is 3.93. The first kappa shape index (κ1) is 21.0. The molecule has 2 aliphatic heterocycles. The predicted molar refractivity (Wildman–Crippen MR) is 112 cm³/mol. The Kier molecular flexibility index (Phi) is 6.31. The first-order chi connectivity index (χ1) is 15.0. The van der Waals surface area contributed by atoms with Crippen molar-refractivity contribution in [3.8, 4) is 17.1 Å². The zero-order valence-electron chi connectivity index (χ0n) is 17.2. The minimum Gasteiger partial charge on any atom is -0.476 e. The highest BCUT2D eigenvalue weighted by Crippen LogP contribution is 2.22. The molecule has 9 nitrogen and oxygen atoms in total. The van der Waals surface area contributed by atoms with Crippen molar-refractivity contribution in [3.05, 3.63) is 42.2 Å². The Morgan fingerprint density at radius 2 is 1.71 bits per heavy atom. The number of piperidine rings is 1. The Bertz CT molecular complexity index is 911. The van der Waals surface area contributed by atoms with Gasteiger partial charge in [0, 0.05) is 37.3 Å². The van der Waals surface area contributed by atoms with Crippen LogP contribution in [0.4, 0.5) is 4.79 Å². The van der Waals surface area contributed by atoms with Crippen molar-refractivity contribution in [2.24, 2.45) is 5.92 Å². The summed E-state index contributed by atoms with van der Waals surface area (Å²) >= 11 is 0. The van der Waals surface area contributed by atoms with Gasteiger partial charge in [-0.2, -0.15) is 0 Å². The lowest BCUT2D eigenvalue weighted by Crippen LogP contribution is -2.38. The van der Waals surface area contributed by atoms with Crippen LogP contribution in [0.1, 0.15) is 29.6 Å². The average molecular weight is 426 g/mol. The number of nitrogens with zero attached hydrogens (tertiary/aromatic N) is 4. The number of aliphatic hydroxyl groups excluding tert-OH is 1. The van der Waals surface area contributed by atoms with E-state index < -0.39 is 12.2 Å². The van der Waals surface area contributed by atoms with Crippen LogP contribution in [0.15, 0.2) is 36.7 Å². The molecule has 2 aromatic rings. The van der Waals surface area contributed by atoms with Gasteiger partial charge in [0.1, 0.15) is 0 Å². The summed E-state index contributed by atoms with van der Waals surface area (Å²) in [5.41, 5.74) is 2.11. The van der Waals surface area contributed by atoms with Crippen LogP contribution in [0, 0.1) is 5.92 Å². The number of likely N-dealkylation sites (tertiary alicyclic amines) is 2. The van der Waals surface area contributed by atoms with Crippen LogP contribution < -0.4 is 4.74 Å². The van der Waals surface area contributed by atoms with Crippen molar-refractivity contribution >= 4 is 12.0 Å². The van der Waals surface area contributed by atoms with E-state index >= 15 is 0 Å². The number of carbonyl (C=O) groups excluding carboxylic acids is 1. The van der Waals surface area contributed by atoms with Crippen molar-refractivity contribution in [2.45, 2.75) is 25.4 Å². The molecule has 31 heavy (non-hydrogen) atoms. The molecular weight excluding hydrogens is 400 g/mol. The van der Waals surface area contributed by atoms with Crippen molar-refractivity contribution in [3.63, 3.8) is 0 Å². The highest BCUT2D eigenvalue weighted by Gasteiger charge is 2.25. The third-order valence-electron chi connectivity index (χ3n) is 5.86. The second-order valence-corrected chi connectivity index (χ2v) is 8.03. The van der Waals surface area contributed by atoms with E-state index in [1.807, 2.05) is 12.1 Å². The van der Waals surface area contributed by atoms with Gasteiger partial charge in [-0.25, -0.2) is 14.8 Å². The number of aromatic nitrogens is 2. The van der Waals surface area contributed by atoms with Gasteiger partial charge < -0.3 is 24.7 Å². The zero-order chi connectivity index (χ0) is 21.8. The van der Waals surface area contributed by atoms with E-state index in [0.717, 1.165) is 18.4 Å². The largest absolute Gasteiger partial charge is 0.476 e. The quantitative estimate of drug-likeness (QED) is 0.752. The van der Waals surface area contributed by atoms with Gasteiger partial charge in [0.05, 0.1) is 30.8 Å². The van der Waals surface area contributed by atoms with Crippen LogP contribution >= 0.6 is 0 Å².